The van der Waals surface area contributed by atoms with Gasteiger partial charge in [-0.25, -0.2) is 0 Å². The van der Waals surface area contributed by atoms with Crippen LogP contribution in [0.5, 0.6) is 0 Å². The number of ether oxygens (including phenoxy) is 3. The van der Waals surface area contributed by atoms with Crippen molar-refractivity contribution in [2.45, 2.75) is 42.7 Å². The largest absolute Gasteiger partial charge is 0.455 e. The van der Waals surface area contributed by atoms with Crippen LogP contribution in [0.2, 0.25) is 5.02 Å². The molecule has 46 heavy (non-hydrogen) atoms. The number of allylic oxidation sites excluding steroid dienone is 1. The first-order valence-corrected chi connectivity index (χ1v) is 15.7. The molecule has 5 bridgehead atoms. The van der Waals surface area contributed by atoms with E-state index < -0.39 is 66.1 Å². The van der Waals surface area contributed by atoms with Crippen molar-refractivity contribution >= 4 is 41.0 Å². The number of cyclic esters (lactones) is 1. The minimum Gasteiger partial charge on any atom is -0.455 e. The number of likely N-dealkylation sites (tertiary alicyclic amines) is 1. The average molecular weight is 650 g/mol. The summed E-state index contributed by atoms with van der Waals surface area (Å²) in [6.07, 6.45) is 5.70. The van der Waals surface area contributed by atoms with Gasteiger partial charge in [-0.05, 0) is 24.1 Å². The van der Waals surface area contributed by atoms with Crippen LogP contribution in [-0.4, -0.2) is 90.9 Å². The number of β-amino-alcohol motifs (C(OH)–C–C–N with tert-alkyl or cyclic N) is 1. The number of nitrogens with zero attached hydrogens (tertiary/aromatic N) is 2. The van der Waals surface area contributed by atoms with Crippen molar-refractivity contribution in [2.75, 3.05) is 38.3 Å². The summed E-state index contributed by atoms with van der Waals surface area (Å²) < 4.78 is 18.1. The van der Waals surface area contributed by atoms with Crippen LogP contribution in [0.3, 0.4) is 0 Å². The van der Waals surface area contributed by atoms with Crippen LogP contribution in [0.1, 0.15) is 24.5 Å². The van der Waals surface area contributed by atoms with E-state index in [0.717, 1.165) is 0 Å². The normalized spacial score (nSPS) is 32.0. The molecule has 11 nitrogen and oxygen atoms in total. The Morgan fingerprint density at radius 1 is 1.04 bits per heavy atom. The van der Waals surface area contributed by atoms with Gasteiger partial charge in [-0.2, -0.15) is 0 Å². The predicted octanol–water partition coefficient (Wildman–Crippen LogP) is 2.58. The summed E-state index contributed by atoms with van der Waals surface area (Å²) in [6, 6.07) is 13.9. The Bertz CT molecular complexity index is 1550. The van der Waals surface area contributed by atoms with E-state index in [0.29, 0.717) is 22.7 Å². The smallest absolute Gasteiger partial charge is 0.313 e. The molecule has 2 aromatic rings. The van der Waals surface area contributed by atoms with Gasteiger partial charge < -0.3 is 34.4 Å². The summed E-state index contributed by atoms with van der Waals surface area (Å²) in [5, 5.41) is 13.3. The van der Waals surface area contributed by atoms with Gasteiger partial charge >= 0.3 is 5.97 Å². The van der Waals surface area contributed by atoms with Gasteiger partial charge in [0.2, 0.25) is 11.8 Å². The number of halogens is 1. The highest BCUT2D eigenvalue weighted by Crippen LogP contribution is 2.56. The number of para-hydroxylation sites is 1. The van der Waals surface area contributed by atoms with Gasteiger partial charge in [-0.1, -0.05) is 78.4 Å². The van der Waals surface area contributed by atoms with Crippen LogP contribution in [0, 0.1) is 11.8 Å². The minimum atomic E-state index is -1.47. The molecule has 0 saturated carbocycles. The average Bonchev–Trinajstić information content (AvgIpc) is 3.69. The van der Waals surface area contributed by atoms with Crippen molar-refractivity contribution in [1.82, 2.24) is 10.2 Å². The molecule has 0 unspecified atom stereocenters. The zero-order valence-corrected chi connectivity index (χ0v) is 26.0. The first kappa shape index (κ1) is 31.9. The molecule has 7 atom stereocenters. The Balaban J connectivity index is 1.45. The van der Waals surface area contributed by atoms with Crippen LogP contribution in [0.25, 0.3) is 0 Å². The number of hydrogen-bond acceptors (Lipinski definition) is 8. The zero-order valence-electron chi connectivity index (χ0n) is 25.3. The zero-order chi connectivity index (χ0) is 32.4. The summed E-state index contributed by atoms with van der Waals surface area (Å²) in [5.41, 5.74) is -0.420. The van der Waals surface area contributed by atoms with Crippen LogP contribution >= 0.6 is 11.6 Å². The van der Waals surface area contributed by atoms with Gasteiger partial charge in [0, 0.05) is 26.6 Å². The molecule has 0 aromatic heterocycles. The van der Waals surface area contributed by atoms with E-state index in [-0.39, 0.29) is 32.0 Å². The highest BCUT2D eigenvalue weighted by Gasteiger charge is 2.73. The monoisotopic (exact) mass is 649 g/mol. The third-order valence-corrected chi connectivity index (χ3v) is 9.37. The molecule has 2 saturated heterocycles. The number of anilines is 1. The number of benzene rings is 2. The lowest BCUT2D eigenvalue weighted by Gasteiger charge is -2.36. The second-order valence-corrected chi connectivity index (χ2v) is 12.2. The molecule has 2 fully saturated rings. The van der Waals surface area contributed by atoms with Gasteiger partial charge in [0.1, 0.15) is 23.7 Å². The van der Waals surface area contributed by atoms with E-state index >= 15 is 0 Å². The second-order valence-electron chi connectivity index (χ2n) is 11.8. The van der Waals surface area contributed by atoms with Gasteiger partial charge in [0.15, 0.2) is 0 Å². The van der Waals surface area contributed by atoms with Gasteiger partial charge in [-0.15, -0.1) is 0 Å². The molecule has 4 aliphatic rings. The molecule has 0 aliphatic carbocycles. The number of aliphatic hydroxyl groups is 1. The molecule has 3 amide bonds. The first-order valence-electron chi connectivity index (χ1n) is 15.3. The van der Waals surface area contributed by atoms with Crippen molar-refractivity contribution in [3.63, 3.8) is 0 Å². The van der Waals surface area contributed by atoms with Crippen molar-refractivity contribution < 1.29 is 38.5 Å². The van der Waals surface area contributed by atoms with Gasteiger partial charge in [0.05, 0.1) is 42.0 Å². The molecule has 1 spiro atoms. The van der Waals surface area contributed by atoms with Crippen molar-refractivity contribution in [3.8, 4) is 0 Å². The van der Waals surface area contributed by atoms with Crippen LogP contribution in [-0.2, 0) is 33.4 Å². The number of carbonyl (C=O) groups is 4. The van der Waals surface area contributed by atoms with E-state index in [2.05, 4.69) is 5.32 Å². The molecule has 4 heterocycles. The maximum Gasteiger partial charge on any atom is 0.313 e. The molecule has 0 radical (unpaired) electrons. The third-order valence-electron chi connectivity index (χ3n) is 9.05. The number of amides is 3. The Kier molecular flexibility index (Phi) is 9.28. The standard InChI is InChI=1S/C34H36ClN3O8/c1-44-20-23-29(21-10-4-2-5-11-21)45-33(43)27-25-15-16-34(46-25)28(27)31(41)38(18-19-39)30(34)32(42)37(24-13-8-7-12-22(24)35)17-9-3-6-14-26(40)36-23/h2-5,7-13,15-16,23,25,27-30,39H,6,14,17-20H2,1H3,(H,36,40)/b9-3-/t23-,25+,27-,28-,29-,30+,34-/m1/s1. The summed E-state index contributed by atoms with van der Waals surface area (Å²) in [4.78, 5) is 58.9. The van der Waals surface area contributed by atoms with E-state index in [1.165, 1.54) is 16.9 Å². The van der Waals surface area contributed by atoms with Crippen LogP contribution < -0.4 is 10.2 Å². The third kappa shape index (κ3) is 5.62. The molecule has 242 valence electrons. The Hall–Kier alpha value is -4.03. The number of nitrogens with one attached hydrogen (secondary N) is 1. The number of carbonyl (C=O) groups excluding carboxylic acids is 4. The fraction of sp³-hybridized carbons (Fsp3) is 0.412. The molecule has 2 aromatic carbocycles. The number of methoxy groups -OCH3 is 1. The maximum absolute atomic E-state index is 14.6. The number of fused-ring (bicyclic) bond motifs is 2. The molecular formula is C34H36ClN3O8. The quantitative estimate of drug-likeness (QED) is 0.360. The van der Waals surface area contributed by atoms with E-state index in [1.54, 1.807) is 72.8 Å². The number of rotatable bonds is 6. The Morgan fingerprint density at radius 3 is 2.54 bits per heavy atom. The minimum absolute atomic E-state index is 0.0544. The van der Waals surface area contributed by atoms with Crippen molar-refractivity contribution in [2.24, 2.45) is 11.8 Å². The molecule has 6 rings (SSSR count). The van der Waals surface area contributed by atoms with Gasteiger partial charge in [-0.3, -0.25) is 19.2 Å². The fourth-order valence-corrected chi connectivity index (χ4v) is 7.33. The fourth-order valence-electron chi connectivity index (χ4n) is 7.09. The molecule has 2 N–H and O–H groups in total. The van der Waals surface area contributed by atoms with Crippen molar-refractivity contribution in [1.29, 1.82) is 0 Å². The molecular weight excluding hydrogens is 614 g/mol. The lowest BCUT2D eigenvalue weighted by Crippen LogP contribution is -2.56. The second kappa shape index (κ2) is 13.4. The molecule has 4 aliphatic heterocycles. The summed E-state index contributed by atoms with van der Waals surface area (Å²) >= 11 is 6.57. The summed E-state index contributed by atoms with van der Waals surface area (Å²) in [6.45, 7) is -0.401. The maximum atomic E-state index is 14.6. The Labute approximate surface area is 271 Å². The highest BCUT2D eigenvalue weighted by molar-refractivity contribution is 6.34. The predicted molar refractivity (Wildman–Crippen MR) is 168 cm³/mol. The Morgan fingerprint density at radius 2 is 1.80 bits per heavy atom. The summed E-state index contributed by atoms with van der Waals surface area (Å²) in [7, 11) is 1.49. The summed E-state index contributed by atoms with van der Waals surface area (Å²) in [5.74, 6) is -4.11. The lowest BCUT2D eigenvalue weighted by atomic mass is 9.74. The first-order chi connectivity index (χ1) is 22.3. The lowest BCUT2D eigenvalue weighted by molar-refractivity contribution is -0.162. The van der Waals surface area contributed by atoms with E-state index in [9.17, 15) is 24.3 Å². The van der Waals surface area contributed by atoms with Crippen LogP contribution in [0.4, 0.5) is 5.69 Å². The topological polar surface area (TPSA) is 135 Å². The number of aliphatic hydroxyl groups excluding tert-OH is 1. The SMILES string of the molecule is COC[C@H]1NC(=O)CC/C=C\CN(c2ccccc2Cl)C(=O)[C@@H]2N(CCO)C(=O)[C@H]3[C@H](C(=O)O[C@@H]1c1ccccc1)[C@@H]1C=C[C@]23O1. The highest BCUT2D eigenvalue weighted by atomic mass is 35.5. The van der Waals surface area contributed by atoms with E-state index in [1.807, 2.05) is 6.07 Å². The van der Waals surface area contributed by atoms with Crippen LogP contribution in [0.15, 0.2) is 78.9 Å². The van der Waals surface area contributed by atoms with Crippen molar-refractivity contribution in [3.05, 3.63) is 89.5 Å². The molecule has 12 heteroatoms. The van der Waals surface area contributed by atoms with E-state index in [4.69, 9.17) is 25.8 Å². The number of esters is 1. The van der Waals surface area contributed by atoms with Gasteiger partial charge in [0.25, 0.3) is 5.91 Å². The number of hydrogen-bond donors (Lipinski definition) is 2.